The van der Waals surface area contributed by atoms with E-state index in [4.69, 9.17) is 4.42 Å². The number of nitrogens with zero attached hydrogens (tertiary/aromatic N) is 1. The Morgan fingerprint density at radius 3 is 2.04 bits per heavy atom. The Hall–Kier alpha value is -3.46. The minimum absolute atomic E-state index is 0.00327. The molecule has 3 rings (SSSR count). The second-order valence-corrected chi connectivity index (χ2v) is 7.62. The van der Waals surface area contributed by atoms with Gasteiger partial charge < -0.3 is 9.73 Å². The first-order valence-corrected chi connectivity index (χ1v) is 9.22. The van der Waals surface area contributed by atoms with Gasteiger partial charge in [0.15, 0.2) is 5.76 Å². The summed E-state index contributed by atoms with van der Waals surface area (Å²) in [6, 6.07) is 11.9. The molecule has 0 unspecified atom stereocenters. The van der Waals surface area contributed by atoms with Gasteiger partial charge in [-0.05, 0) is 49.4 Å². The van der Waals surface area contributed by atoms with Crippen LogP contribution in [0.5, 0.6) is 0 Å². The van der Waals surface area contributed by atoms with Gasteiger partial charge in [-0.15, -0.1) is 0 Å². The number of carbonyl (C=O) groups excluding carboxylic acids is 1. The molecule has 3 aromatic rings. The predicted octanol–water partition coefficient (Wildman–Crippen LogP) is 3.58. The highest BCUT2D eigenvalue weighted by Crippen LogP contribution is 2.24. The number of aryl methyl sites for hydroxylation is 1. The molecule has 0 saturated heterocycles. The van der Waals surface area contributed by atoms with Crippen molar-refractivity contribution >= 4 is 27.1 Å². The van der Waals surface area contributed by atoms with Crippen LogP contribution in [0, 0.1) is 17.0 Å². The van der Waals surface area contributed by atoms with E-state index in [0.717, 1.165) is 12.1 Å². The summed E-state index contributed by atoms with van der Waals surface area (Å²) in [4.78, 5) is 22.1. The summed E-state index contributed by atoms with van der Waals surface area (Å²) in [6.07, 6.45) is 1.41. The van der Waals surface area contributed by atoms with Gasteiger partial charge in [0.25, 0.3) is 11.6 Å². The van der Waals surface area contributed by atoms with Gasteiger partial charge in [0.05, 0.1) is 21.0 Å². The van der Waals surface area contributed by atoms with E-state index in [1.807, 2.05) is 0 Å². The number of anilines is 1. The summed E-state index contributed by atoms with van der Waals surface area (Å²) in [5.74, 6) is -0.263. The second kappa shape index (κ2) is 7.04. The maximum Gasteiger partial charge on any atom is 0.291 e. The van der Waals surface area contributed by atoms with Gasteiger partial charge in [-0.3, -0.25) is 14.9 Å². The van der Waals surface area contributed by atoms with Gasteiger partial charge in [0, 0.05) is 23.4 Å². The maximum atomic E-state index is 12.6. The van der Waals surface area contributed by atoms with Crippen LogP contribution in [0.1, 0.15) is 16.1 Å². The summed E-state index contributed by atoms with van der Waals surface area (Å²) in [6.45, 7) is 1.73. The number of hydrogen-bond donors (Lipinski definition) is 1. The first-order valence-electron chi connectivity index (χ1n) is 7.74. The average molecular weight is 386 g/mol. The van der Waals surface area contributed by atoms with Crippen LogP contribution in [0.25, 0.3) is 0 Å². The fraction of sp³-hybridized carbons (Fsp3) is 0.0556. The van der Waals surface area contributed by atoms with Crippen LogP contribution >= 0.6 is 0 Å². The van der Waals surface area contributed by atoms with Crippen molar-refractivity contribution in [2.24, 2.45) is 0 Å². The molecule has 1 heterocycles. The van der Waals surface area contributed by atoms with E-state index in [0.29, 0.717) is 11.3 Å². The molecule has 0 spiro atoms. The molecular formula is C18H14N2O6S. The highest BCUT2D eigenvalue weighted by Gasteiger charge is 2.19. The van der Waals surface area contributed by atoms with Crippen molar-refractivity contribution < 1.29 is 22.6 Å². The number of carbonyl (C=O) groups is 1. The third-order valence-electron chi connectivity index (χ3n) is 3.85. The van der Waals surface area contributed by atoms with Crippen molar-refractivity contribution in [3.63, 3.8) is 0 Å². The molecule has 0 aliphatic heterocycles. The monoisotopic (exact) mass is 386 g/mol. The molecule has 8 nitrogen and oxygen atoms in total. The lowest BCUT2D eigenvalue weighted by molar-refractivity contribution is -0.384. The molecule has 0 saturated carbocycles. The van der Waals surface area contributed by atoms with Gasteiger partial charge in [-0.2, -0.15) is 0 Å². The van der Waals surface area contributed by atoms with Crippen LogP contribution < -0.4 is 5.32 Å². The van der Waals surface area contributed by atoms with Gasteiger partial charge in [-0.25, -0.2) is 8.42 Å². The molecule has 0 aliphatic rings. The molecule has 9 heteroatoms. The third kappa shape index (κ3) is 3.72. The van der Waals surface area contributed by atoms with Gasteiger partial charge in [0.2, 0.25) is 9.84 Å². The Morgan fingerprint density at radius 1 is 1.00 bits per heavy atom. The standard InChI is InChI=1S/C18H14N2O6S/c1-12-10-11-26-17(12)18(21)19-13-2-6-15(7-3-13)27(24,25)16-8-4-14(5-9-16)20(22)23/h2-11H,1H3,(H,19,21). The van der Waals surface area contributed by atoms with E-state index >= 15 is 0 Å². The largest absolute Gasteiger partial charge is 0.459 e. The van der Waals surface area contributed by atoms with Crippen molar-refractivity contribution in [3.05, 3.63) is 82.3 Å². The molecule has 2 aromatic carbocycles. The van der Waals surface area contributed by atoms with Crippen molar-refractivity contribution in [2.75, 3.05) is 5.32 Å². The fourth-order valence-electron chi connectivity index (χ4n) is 2.39. The molecule has 0 radical (unpaired) electrons. The van der Waals surface area contributed by atoms with Crippen LogP contribution in [-0.4, -0.2) is 19.2 Å². The number of sulfone groups is 1. The SMILES string of the molecule is Cc1ccoc1C(=O)Nc1ccc(S(=O)(=O)c2ccc([N+](=O)[O-])cc2)cc1. The van der Waals surface area contributed by atoms with Crippen LogP contribution in [-0.2, 0) is 9.84 Å². The van der Waals surface area contributed by atoms with Crippen molar-refractivity contribution in [2.45, 2.75) is 16.7 Å². The maximum absolute atomic E-state index is 12.6. The lowest BCUT2D eigenvalue weighted by Gasteiger charge is -2.07. The molecule has 138 valence electrons. The van der Waals surface area contributed by atoms with Gasteiger partial charge in [-0.1, -0.05) is 0 Å². The van der Waals surface area contributed by atoms with E-state index < -0.39 is 20.7 Å². The van der Waals surface area contributed by atoms with E-state index in [9.17, 15) is 23.3 Å². The number of furan rings is 1. The van der Waals surface area contributed by atoms with Crippen LogP contribution in [0.4, 0.5) is 11.4 Å². The van der Waals surface area contributed by atoms with Gasteiger partial charge in [0.1, 0.15) is 0 Å². The zero-order valence-corrected chi connectivity index (χ0v) is 14.9. The molecule has 0 bridgehead atoms. The van der Waals surface area contributed by atoms with E-state index in [1.165, 1.54) is 42.7 Å². The number of rotatable bonds is 5. The Morgan fingerprint density at radius 2 is 1.56 bits per heavy atom. The smallest absolute Gasteiger partial charge is 0.291 e. The number of amides is 1. The minimum atomic E-state index is -3.83. The predicted molar refractivity (Wildman–Crippen MR) is 96.4 cm³/mol. The van der Waals surface area contributed by atoms with Crippen LogP contribution in [0.15, 0.2) is 75.1 Å². The van der Waals surface area contributed by atoms with E-state index in [-0.39, 0.29) is 21.2 Å². The second-order valence-electron chi connectivity index (χ2n) is 5.67. The third-order valence-corrected chi connectivity index (χ3v) is 5.63. The molecule has 1 N–H and O–H groups in total. The molecule has 1 amide bonds. The summed E-state index contributed by atoms with van der Waals surface area (Å²) < 4.78 is 30.3. The number of nitro groups is 1. The Kier molecular flexibility index (Phi) is 4.78. The Bertz CT molecular complexity index is 1100. The first-order chi connectivity index (χ1) is 12.8. The number of nitrogens with one attached hydrogen (secondary N) is 1. The van der Waals surface area contributed by atoms with Crippen LogP contribution in [0.3, 0.4) is 0 Å². The Labute approximate surface area is 154 Å². The molecule has 0 aliphatic carbocycles. The molecule has 0 fully saturated rings. The number of non-ortho nitro benzene ring substituents is 1. The van der Waals surface area contributed by atoms with Crippen molar-refractivity contribution in [1.82, 2.24) is 0 Å². The van der Waals surface area contributed by atoms with Gasteiger partial charge >= 0.3 is 0 Å². The molecule has 0 atom stereocenters. The normalized spacial score (nSPS) is 11.1. The van der Waals surface area contributed by atoms with E-state index in [2.05, 4.69) is 5.32 Å². The number of benzene rings is 2. The first kappa shape index (κ1) is 18.3. The fourth-order valence-corrected chi connectivity index (χ4v) is 3.65. The molecule has 1 aromatic heterocycles. The zero-order chi connectivity index (χ0) is 19.6. The zero-order valence-electron chi connectivity index (χ0n) is 14.1. The summed E-state index contributed by atoms with van der Waals surface area (Å²) >= 11 is 0. The average Bonchev–Trinajstić information content (AvgIpc) is 3.08. The summed E-state index contributed by atoms with van der Waals surface area (Å²) in [7, 11) is -3.83. The van der Waals surface area contributed by atoms with Crippen molar-refractivity contribution in [3.8, 4) is 0 Å². The molecule has 27 heavy (non-hydrogen) atoms. The highest BCUT2D eigenvalue weighted by atomic mass is 32.2. The lowest BCUT2D eigenvalue weighted by Crippen LogP contribution is -2.12. The van der Waals surface area contributed by atoms with E-state index in [1.54, 1.807) is 13.0 Å². The Balaban J connectivity index is 1.80. The number of hydrogen-bond acceptors (Lipinski definition) is 6. The quantitative estimate of drug-likeness (QED) is 0.529. The lowest BCUT2D eigenvalue weighted by atomic mass is 10.2. The molecular weight excluding hydrogens is 372 g/mol. The highest BCUT2D eigenvalue weighted by molar-refractivity contribution is 7.91. The number of nitro benzene ring substituents is 1. The van der Waals surface area contributed by atoms with Crippen LogP contribution in [0.2, 0.25) is 0 Å². The summed E-state index contributed by atoms with van der Waals surface area (Å²) in [5, 5.41) is 13.3. The topological polar surface area (TPSA) is 120 Å². The minimum Gasteiger partial charge on any atom is -0.459 e. The van der Waals surface area contributed by atoms with Crippen molar-refractivity contribution in [1.29, 1.82) is 0 Å². The summed E-state index contributed by atoms with van der Waals surface area (Å²) in [5.41, 5.74) is 0.892.